The van der Waals surface area contributed by atoms with E-state index in [4.69, 9.17) is 11.6 Å². The van der Waals surface area contributed by atoms with Crippen LogP contribution in [0.25, 0.3) is 0 Å². The number of likely N-dealkylation sites (tertiary alicyclic amines) is 2. The minimum atomic E-state index is 0.211. The van der Waals surface area contributed by atoms with Crippen LogP contribution in [-0.2, 0) is 11.3 Å². The van der Waals surface area contributed by atoms with Crippen molar-refractivity contribution in [3.8, 4) is 0 Å². The second-order valence-electron chi connectivity index (χ2n) is 5.93. The van der Waals surface area contributed by atoms with Gasteiger partial charge in [-0.2, -0.15) is 0 Å². The average Bonchev–Trinajstić information content (AvgIpc) is 2.93. The first kappa shape index (κ1) is 15.2. The fourth-order valence-electron chi connectivity index (χ4n) is 3.21. The molecule has 0 N–H and O–H groups in total. The molecule has 1 aromatic heterocycles. The van der Waals surface area contributed by atoms with Crippen molar-refractivity contribution in [1.82, 2.24) is 19.4 Å². The van der Waals surface area contributed by atoms with Crippen molar-refractivity contribution >= 4 is 29.0 Å². The van der Waals surface area contributed by atoms with E-state index in [1.807, 2.05) is 0 Å². The molecule has 3 heterocycles. The number of amides is 1. The minimum Gasteiger partial charge on any atom is -0.342 e. The van der Waals surface area contributed by atoms with Crippen molar-refractivity contribution in [3.63, 3.8) is 0 Å². The lowest BCUT2D eigenvalue weighted by Gasteiger charge is -2.35. The normalized spacial score (nSPS) is 21.7. The number of aromatic nitrogens is 2. The fourth-order valence-corrected chi connectivity index (χ4v) is 3.83. The van der Waals surface area contributed by atoms with E-state index in [2.05, 4.69) is 19.4 Å². The number of piperidine rings is 2. The van der Waals surface area contributed by atoms with Gasteiger partial charge in [0, 0.05) is 37.1 Å². The van der Waals surface area contributed by atoms with Crippen LogP contribution >= 0.6 is 23.1 Å². The predicted octanol–water partition coefficient (Wildman–Crippen LogP) is 2.42. The second kappa shape index (κ2) is 7.03. The van der Waals surface area contributed by atoms with Gasteiger partial charge in [0.2, 0.25) is 5.91 Å². The van der Waals surface area contributed by atoms with E-state index in [-0.39, 0.29) is 5.92 Å². The Hall–Kier alpha value is -0.720. The maximum absolute atomic E-state index is 12.5. The quantitative estimate of drug-likeness (QED) is 0.855. The topological polar surface area (TPSA) is 49.3 Å². The molecule has 1 aromatic rings. The number of rotatable bonds is 3. The van der Waals surface area contributed by atoms with Gasteiger partial charge in [0.25, 0.3) is 0 Å². The Labute approximate surface area is 134 Å². The molecule has 7 heteroatoms. The van der Waals surface area contributed by atoms with E-state index in [1.165, 1.54) is 30.8 Å². The number of carbonyl (C=O) groups excluding carboxylic acids is 1. The highest BCUT2D eigenvalue weighted by Crippen LogP contribution is 2.25. The highest BCUT2D eigenvalue weighted by molar-refractivity contribution is 7.10. The van der Waals surface area contributed by atoms with E-state index in [0.717, 1.165) is 51.3 Å². The lowest BCUT2D eigenvalue weighted by Crippen LogP contribution is -2.44. The van der Waals surface area contributed by atoms with Gasteiger partial charge >= 0.3 is 0 Å². The number of carbonyl (C=O) groups is 1. The molecule has 0 spiro atoms. The van der Waals surface area contributed by atoms with Gasteiger partial charge < -0.3 is 4.90 Å². The smallest absolute Gasteiger partial charge is 0.225 e. The SMILES string of the molecule is O=C(C1CCN(Cc2nnsc2Cl)CC1)N1CCCCC1. The van der Waals surface area contributed by atoms with Crippen molar-refractivity contribution in [1.29, 1.82) is 0 Å². The molecule has 3 rings (SSSR count). The lowest BCUT2D eigenvalue weighted by molar-refractivity contribution is -0.138. The third kappa shape index (κ3) is 3.73. The summed E-state index contributed by atoms with van der Waals surface area (Å²) in [4.78, 5) is 16.9. The molecule has 0 radical (unpaired) electrons. The summed E-state index contributed by atoms with van der Waals surface area (Å²) in [5.74, 6) is 0.589. The molecule has 0 unspecified atom stereocenters. The summed E-state index contributed by atoms with van der Waals surface area (Å²) in [6.07, 6.45) is 5.50. The third-order valence-corrected chi connectivity index (χ3v) is 5.47. The van der Waals surface area contributed by atoms with Crippen molar-refractivity contribution in [2.24, 2.45) is 5.92 Å². The Bertz CT molecular complexity index is 481. The van der Waals surface area contributed by atoms with Gasteiger partial charge in [-0.3, -0.25) is 9.69 Å². The zero-order valence-corrected chi connectivity index (χ0v) is 13.7. The standard InChI is InChI=1S/C14H21ClN4OS/c15-13-12(16-17-21-13)10-18-8-4-11(5-9-18)14(20)19-6-2-1-3-7-19/h11H,1-10H2. The molecule has 0 aromatic carbocycles. The number of hydrogen-bond donors (Lipinski definition) is 0. The molecule has 2 aliphatic rings. The molecule has 0 bridgehead atoms. The lowest BCUT2D eigenvalue weighted by atomic mass is 9.94. The number of hydrogen-bond acceptors (Lipinski definition) is 5. The zero-order valence-electron chi connectivity index (χ0n) is 12.1. The highest BCUT2D eigenvalue weighted by Gasteiger charge is 2.29. The van der Waals surface area contributed by atoms with Crippen LogP contribution in [0.15, 0.2) is 0 Å². The summed E-state index contributed by atoms with van der Waals surface area (Å²) in [6, 6.07) is 0. The summed E-state index contributed by atoms with van der Waals surface area (Å²) in [7, 11) is 0. The molecule has 0 saturated carbocycles. The summed E-state index contributed by atoms with van der Waals surface area (Å²) < 4.78 is 4.55. The van der Waals surface area contributed by atoms with Crippen LogP contribution in [0.5, 0.6) is 0 Å². The monoisotopic (exact) mass is 328 g/mol. The summed E-state index contributed by atoms with van der Waals surface area (Å²) in [6.45, 7) is 4.55. The number of halogens is 1. The van der Waals surface area contributed by atoms with E-state index < -0.39 is 0 Å². The summed E-state index contributed by atoms with van der Waals surface area (Å²) in [5.41, 5.74) is 0.863. The van der Waals surface area contributed by atoms with Crippen LogP contribution in [0.3, 0.4) is 0 Å². The highest BCUT2D eigenvalue weighted by atomic mass is 35.5. The molecular formula is C14H21ClN4OS. The molecule has 2 aliphatic heterocycles. The van der Waals surface area contributed by atoms with Crippen molar-refractivity contribution in [3.05, 3.63) is 10.0 Å². The first-order valence-corrected chi connectivity index (χ1v) is 8.87. The summed E-state index contributed by atoms with van der Waals surface area (Å²) >= 11 is 7.28. The molecule has 2 saturated heterocycles. The fraction of sp³-hybridized carbons (Fsp3) is 0.786. The Kier molecular flexibility index (Phi) is 5.08. The first-order chi connectivity index (χ1) is 10.2. The Morgan fingerprint density at radius 3 is 2.52 bits per heavy atom. The maximum atomic E-state index is 12.5. The van der Waals surface area contributed by atoms with E-state index >= 15 is 0 Å². The molecule has 0 atom stereocenters. The Balaban J connectivity index is 1.48. The van der Waals surface area contributed by atoms with Crippen LogP contribution < -0.4 is 0 Å². The van der Waals surface area contributed by atoms with Gasteiger partial charge in [0.15, 0.2) is 0 Å². The van der Waals surface area contributed by atoms with Crippen molar-refractivity contribution in [2.75, 3.05) is 26.2 Å². The molecule has 116 valence electrons. The van der Waals surface area contributed by atoms with E-state index in [0.29, 0.717) is 10.2 Å². The van der Waals surface area contributed by atoms with Crippen LogP contribution in [0, 0.1) is 5.92 Å². The molecule has 5 nitrogen and oxygen atoms in total. The van der Waals surface area contributed by atoms with Crippen LogP contribution in [-0.4, -0.2) is 51.5 Å². The van der Waals surface area contributed by atoms with E-state index in [1.54, 1.807) is 0 Å². The molecular weight excluding hydrogens is 308 g/mol. The first-order valence-electron chi connectivity index (χ1n) is 7.72. The summed E-state index contributed by atoms with van der Waals surface area (Å²) in [5, 5.41) is 4.06. The van der Waals surface area contributed by atoms with Gasteiger partial charge in [-0.05, 0) is 45.2 Å². The third-order valence-electron chi connectivity index (χ3n) is 4.49. The largest absolute Gasteiger partial charge is 0.342 e. The number of nitrogens with zero attached hydrogens (tertiary/aromatic N) is 4. The molecule has 21 heavy (non-hydrogen) atoms. The predicted molar refractivity (Wildman–Crippen MR) is 83.4 cm³/mol. The van der Waals surface area contributed by atoms with Gasteiger partial charge in [0.05, 0.1) is 0 Å². The van der Waals surface area contributed by atoms with E-state index in [9.17, 15) is 4.79 Å². The van der Waals surface area contributed by atoms with Crippen LogP contribution in [0.1, 0.15) is 37.8 Å². The van der Waals surface area contributed by atoms with Crippen molar-refractivity contribution in [2.45, 2.75) is 38.6 Å². The maximum Gasteiger partial charge on any atom is 0.225 e. The van der Waals surface area contributed by atoms with Crippen LogP contribution in [0.2, 0.25) is 4.34 Å². The molecule has 1 amide bonds. The van der Waals surface area contributed by atoms with Gasteiger partial charge in [-0.15, -0.1) is 5.10 Å². The van der Waals surface area contributed by atoms with Crippen molar-refractivity contribution < 1.29 is 4.79 Å². The van der Waals surface area contributed by atoms with Gasteiger partial charge in [-0.1, -0.05) is 16.1 Å². The zero-order chi connectivity index (χ0) is 14.7. The Morgan fingerprint density at radius 2 is 1.90 bits per heavy atom. The molecule has 0 aliphatic carbocycles. The van der Waals surface area contributed by atoms with Crippen LogP contribution in [0.4, 0.5) is 0 Å². The van der Waals surface area contributed by atoms with Gasteiger partial charge in [0.1, 0.15) is 10.0 Å². The minimum absolute atomic E-state index is 0.211. The average molecular weight is 329 g/mol. The molecule has 2 fully saturated rings. The van der Waals surface area contributed by atoms with Gasteiger partial charge in [-0.25, -0.2) is 0 Å². The Morgan fingerprint density at radius 1 is 1.19 bits per heavy atom. The second-order valence-corrected chi connectivity index (χ2v) is 7.29.